The fourth-order valence-corrected chi connectivity index (χ4v) is 3.32. The van der Waals surface area contributed by atoms with Gasteiger partial charge < -0.3 is 19.5 Å². The van der Waals surface area contributed by atoms with Crippen LogP contribution in [0.15, 0.2) is 54.7 Å². The molecule has 0 saturated carbocycles. The SMILES string of the molecule is COC(=O)CN(CC(=O)Nc1c(C#N)cnn1-c1ccccc1)Cc1cc(OC)cc(OC)c1. The van der Waals surface area contributed by atoms with E-state index in [9.17, 15) is 14.9 Å². The van der Waals surface area contributed by atoms with E-state index >= 15 is 0 Å². The number of ether oxygens (including phenoxy) is 3. The summed E-state index contributed by atoms with van der Waals surface area (Å²) in [5.41, 5.74) is 1.68. The first-order chi connectivity index (χ1) is 16.5. The third kappa shape index (κ3) is 6.11. The van der Waals surface area contributed by atoms with Gasteiger partial charge in [-0.25, -0.2) is 4.68 Å². The molecule has 3 rings (SSSR count). The van der Waals surface area contributed by atoms with Crippen LogP contribution in [0.4, 0.5) is 5.82 Å². The average Bonchev–Trinajstić information content (AvgIpc) is 3.26. The molecule has 10 heteroatoms. The van der Waals surface area contributed by atoms with Crippen molar-refractivity contribution in [3.63, 3.8) is 0 Å². The molecular weight excluding hydrogens is 438 g/mol. The van der Waals surface area contributed by atoms with Crippen molar-refractivity contribution in [3.05, 3.63) is 65.9 Å². The van der Waals surface area contributed by atoms with Crippen LogP contribution >= 0.6 is 0 Å². The standard InChI is InChI=1S/C24H25N5O5/c1-32-20-9-17(10-21(11-20)33-2)14-28(16-23(31)34-3)15-22(30)27-24-18(12-25)13-26-29(24)19-7-5-4-6-8-19/h4-11,13H,14-16H2,1-3H3,(H,27,30). The highest BCUT2D eigenvalue weighted by Gasteiger charge is 2.20. The first-order valence-corrected chi connectivity index (χ1v) is 10.3. The van der Waals surface area contributed by atoms with Crippen molar-refractivity contribution in [2.45, 2.75) is 6.54 Å². The van der Waals surface area contributed by atoms with Crippen LogP contribution in [0.5, 0.6) is 11.5 Å². The lowest BCUT2D eigenvalue weighted by Gasteiger charge is -2.21. The van der Waals surface area contributed by atoms with E-state index in [1.807, 2.05) is 36.4 Å². The minimum atomic E-state index is -0.491. The zero-order chi connectivity index (χ0) is 24.5. The third-order valence-corrected chi connectivity index (χ3v) is 4.91. The molecule has 0 radical (unpaired) electrons. The number of anilines is 1. The van der Waals surface area contributed by atoms with Crippen molar-refractivity contribution in [1.29, 1.82) is 5.26 Å². The molecule has 0 atom stereocenters. The number of hydrogen-bond donors (Lipinski definition) is 1. The van der Waals surface area contributed by atoms with Gasteiger partial charge >= 0.3 is 5.97 Å². The molecule has 3 aromatic rings. The number of carbonyl (C=O) groups excluding carboxylic acids is 2. The maximum atomic E-state index is 13.0. The molecule has 0 fully saturated rings. The largest absolute Gasteiger partial charge is 0.497 e. The topological polar surface area (TPSA) is 119 Å². The highest BCUT2D eigenvalue weighted by atomic mass is 16.5. The number of nitrogens with zero attached hydrogens (tertiary/aromatic N) is 4. The van der Waals surface area contributed by atoms with Crippen molar-refractivity contribution in [1.82, 2.24) is 14.7 Å². The molecule has 1 N–H and O–H groups in total. The zero-order valence-corrected chi connectivity index (χ0v) is 19.1. The fourth-order valence-electron chi connectivity index (χ4n) is 3.32. The Labute approximate surface area is 197 Å². The number of nitriles is 1. The number of aromatic nitrogens is 2. The van der Waals surface area contributed by atoms with Gasteiger partial charge in [0.05, 0.1) is 46.3 Å². The first kappa shape index (κ1) is 24.3. The number of nitrogens with one attached hydrogen (secondary N) is 1. The van der Waals surface area contributed by atoms with Crippen molar-refractivity contribution >= 4 is 17.7 Å². The number of rotatable bonds is 10. The molecule has 0 aliphatic carbocycles. The van der Waals surface area contributed by atoms with Gasteiger partial charge in [-0.1, -0.05) is 18.2 Å². The minimum absolute atomic E-state index is 0.119. The highest BCUT2D eigenvalue weighted by molar-refractivity contribution is 5.93. The van der Waals surface area contributed by atoms with E-state index in [0.29, 0.717) is 17.2 Å². The number of para-hydroxylation sites is 1. The van der Waals surface area contributed by atoms with Crippen molar-refractivity contribution in [3.8, 4) is 23.3 Å². The fraction of sp³-hybridized carbons (Fsp3) is 0.250. The van der Waals surface area contributed by atoms with Gasteiger partial charge in [0.1, 0.15) is 23.1 Å². The predicted molar refractivity (Wildman–Crippen MR) is 124 cm³/mol. The van der Waals surface area contributed by atoms with Gasteiger partial charge in [-0.2, -0.15) is 10.4 Å². The molecule has 0 saturated heterocycles. The van der Waals surface area contributed by atoms with Gasteiger partial charge in [0.25, 0.3) is 0 Å². The van der Waals surface area contributed by atoms with E-state index in [-0.39, 0.29) is 31.0 Å². The van der Waals surface area contributed by atoms with E-state index in [1.165, 1.54) is 18.0 Å². The van der Waals surface area contributed by atoms with Crippen LogP contribution in [0.2, 0.25) is 0 Å². The summed E-state index contributed by atoms with van der Waals surface area (Å²) in [5, 5.41) is 16.4. The maximum absolute atomic E-state index is 13.0. The van der Waals surface area contributed by atoms with Crippen LogP contribution in [0, 0.1) is 11.3 Å². The Hall–Kier alpha value is -4.36. The highest BCUT2D eigenvalue weighted by Crippen LogP contribution is 2.24. The van der Waals surface area contributed by atoms with Crippen molar-refractivity contribution in [2.75, 3.05) is 39.7 Å². The van der Waals surface area contributed by atoms with Crippen LogP contribution in [0.1, 0.15) is 11.1 Å². The first-order valence-electron chi connectivity index (χ1n) is 10.3. The summed E-state index contributed by atoms with van der Waals surface area (Å²) in [5.74, 6) is 0.506. The molecule has 0 bridgehead atoms. The Balaban J connectivity index is 1.82. The molecule has 0 aliphatic heterocycles. The van der Waals surface area contributed by atoms with Gasteiger partial charge in [0.15, 0.2) is 5.82 Å². The van der Waals surface area contributed by atoms with Crippen LogP contribution in [0.3, 0.4) is 0 Å². The Morgan fingerprint density at radius 2 is 1.74 bits per heavy atom. The van der Waals surface area contributed by atoms with Gasteiger partial charge in [-0.15, -0.1) is 0 Å². The average molecular weight is 463 g/mol. The normalized spacial score (nSPS) is 10.4. The summed E-state index contributed by atoms with van der Waals surface area (Å²) in [6, 6.07) is 16.5. The Morgan fingerprint density at radius 3 is 2.32 bits per heavy atom. The van der Waals surface area contributed by atoms with E-state index in [1.54, 1.807) is 37.3 Å². The van der Waals surface area contributed by atoms with Crippen molar-refractivity contribution in [2.24, 2.45) is 0 Å². The van der Waals surface area contributed by atoms with Crippen molar-refractivity contribution < 1.29 is 23.8 Å². The molecule has 1 amide bonds. The minimum Gasteiger partial charge on any atom is -0.497 e. The Kier molecular flexibility index (Phi) is 8.21. The molecule has 0 unspecified atom stereocenters. The van der Waals surface area contributed by atoms with Gasteiger partial charge in [-0.05, 0) is 29.8 Å². The molecule has 10 nitrogen and oxygen atoms in total. The Bertz CT molecular complexity index is 1160. The number of benzene rings is 2. The summed E-state index contributed by atoms with van der Waals surface area (Å²) >= 11 is 0. The molecule has 2 aromatic carbocycles. The van der Waals surface area contributed by atoms with E-state index < -0.39 is 11.9 Å². The van der Waals surface area contributed by atoms with Gasteiger partial charge in [-0.3, -0.25) is 14.5 Å². The van der Waals surface area contributed by atoms with Gasteiger partial charge in [0, 0.05) is 12.6 Å². The molecule has 1 aromatic heterocycles. The number of methoxy groups -OCH3 is 3. The van der Waals surface area contributed by atoms with Crippen LogP contribution in [-0.4, -0.2) is 61.0 Å². The van der Waals surface area contributed by atoms with Gasteiger partial charge in [0.2, 0.25) is 5.91 Å². The van der Waals surface area contributed by atoms with E-state index in [4.69, 9.17) is 14.2 Å². The lowest BCUT2D eigenvalue weighted by atomic mass is 10.2. The van der Waals surface area contributed by atoms with E-state index in [0.717, 1.165) is 5.56 Å². The summed E-state index contributed by atoms with van der Waals surface area (Å²) in [6.45, 7) is -0.00883. The number of esters is 1. The second kappa shape index (κ2) is 11.5. The summed E-state index contributed by atoms with van der Waals surface area (Å²) in [7, 11) is 4.37. The van der Waals surface area contributed by atoms with Crippen LogP contribution in [0.25, 0.3) is 5.69 Å². The van der Waals surface area contributed by atoms with Crippen LogP contribution in [-0.2, 0) is 20.9 Å². The molecule has 0 aliphatic rings. The quantitative estimate of drug-likeness (QED) is 0.455. The van der Waals surface area contributed by atoms with Crippen LogP contribution < -0.4 is 14.8 Å². The predicted octanol–water partition coefficient (Wildman–Crippen LogP) is 2.37. The zero-order valence-electron chi connectivity index (χ0n) is 19.1. The molecule has 34 heavy (non-hydrogen) atoms. The molecule has 0 spiro atoms. The third-order valence-electron chi connectivity index (χ3n) is 4.91. The molecular formula is C24H25N5O5. The lowest BCUT2D eigenvalue weighted by molar-refractivity contribution is -0.142. The second-order valence-corrected chi connectivity index (χ2v) is 7.26. The second-order valence-electron chi connectivity index (χ2n) is 7.26. The maximum Gasteiger partial charge on any atom is 0.319 e. The monoisotopic (exact) mass is 463 g/mol. The smallest absolute Gasteiger partial charge is 0.319 e. The summed E-state index contributed by atoms with van der Waals surface area (Å²) in [6.07, 6.45) is 1.39. The number of amides is 1. The Morgan fingerprint density at radius 1 is 1.06 bits per heavy atom. The molecule has 176 valence electrons. The van der Waals surface area contributed by atoms with E-state index in [2.05, 4.69) is 10.4 Å². The lowest BCUT2D eigenvalue weighted by Crippen LogP contribution is -2.37. The summed E-state index contributed by atoms with van der Waals surface area (Å²) in [4.78, 5) is 26.6. The summed E-state index contributed by atoms with van der Waals surface area (Å²) < 4.78 is 16.9. The number of carbonyl (C=O) groups is 2. The number of hydrogen-bond acceptors (Lipinski definition) is 8. The molecule has 1 heterocycles.